The van der Waals surface area contributed by atoms with Gasteiger partial charge in [0.05, 0.1) is 17.3 Å². The lowest BCUT2D eigenvalue weighted by Crippen LogP contribution is -2.38. The first-order valence-electron chi connectivity index (χ1n) is 7.94. The number of carbonyl (C=O) groups excluding carboxylic acids is 2. The van der Waals surface area contributed by atoms with E-state index in [9.17, 15) is 9.59 Å². The fraction of sp³-hybridized carbons (Fsp3) is 0.263. The van der Waals surface area contributed by atoms with E-state index in [1.54, 1.807) is 11.0 Å². The van der Waals surface area contributed by atoms with E-state index in [1.165, 1.54) is 0 Å². The molecule has 5 nitrogen and oxygen atoms in total. The normalized spacial score (nSPS) is 16.8. The van der Waals surface area contributed by atoms with Crippen LogP contribution < -0.4 is 15.0 Å². The highest BCUT2D eigenvalue weighted by Gasteiger charge is 2.28. The molecule has 0 saturated heterocycles. The Bertz CT molecular complexity index is 773. The molecule has 1 aliphatic heterocycles. The van der Waals surface area contributed by atoms with Gasteiger partial charge in [-0.15, -0.1) is 0 Å². The molecule has 0 saturated carbocycles. The van der Waals surface area contributed by atoms with Crippen LogP contribution in [0.15, 0.2) is 48.5 Å². The molecule has 0 aliphatic carbocycles. The number of amides is 2. The van der Waals surface area contributed by atoms with E-state index >= 15 is 0 Å². The smallest absolute Gasteiger partial charge is 0.264 e. The first-order chi connectivity index (χ1) is 11.5. The predicted molar refractivity (Wildman–Crippen MR) is 93.3 cm³/mol. The molecule has 1 N–H and O–H groups in total. The van der Waals surface area contributed by atoms with Crippen molar-refractivity contribution in [2.75, 3.05) is 23.4 Å². The summed E-state index contributed by atoms with van der Waals surface area (Å²) in [5, 5.41) is 2.86. The second-order valence-electron chi connectivity index (χ2n) is 6.02. The Morgan fingerprint density at radius 3 is 2.83 bits per heavy atom. The molecule has 5 heteroatoms. The third-order valence-electron chi connectivity index (χ3n) is 4.01. The van der Waals surface area contributed by atoms with E-state index in [2.05, 4.69) is 5.32 Å². The molecule has 1 aliphatic rings. The second-order valence-corrected chi connectivity index (χ2v) is 6.02. The fourth-order valence-electron chi connectivity index (χ4n) is 2.69. The first kappa shape index (κ1) is 16.1. The number of nitrogens with one attached hydrogen (secondary N) is 1. The van der Waals surface area contributed by atoms with Crippen LogP contribution in [0.1, 0.15) is 12.5 Å². The van der Waals surface area contributed by atoms with E-state index in [0.29, 0.717) is 23.7 Å². The Kier molecular flexibility index (Phi) is 4.51. The molecule has 0 fully saturated rings. The molecule has 1 atom stereocenters. The lowest BCUT2D eigenvalue weighted by atomic mass is 10.1. The largest absolute Gasteiger partial charge is 0.484 e. The highest BCUT2D eigenvalue weighted by Crippen LogP contribution is 2.30. The topological polar surface area (TPSA) is 58.6 Å². The number of ether oxygens (including phenoxy) is 1. The molecule has 2 amide bonds. The van der Waals surface area contributed by atoms with Gasteiger partial charge in [0.2, 0.25) is 5.91 Å². The lowest BCUT2D eigenvalue weighted by molar-refractivity contribution is -0.121. The Hall–Kier alpha value is -2.82. The van der Waals surface area contributed by atoms with Crippen molar-refractivity contribution in [1.82, 2.24) is 0 Å². The standard InChI is InChI=1S/C19H20N2O3/c1-13-6-5-7-15(10-13)24-12-18(22)21-11-14(2)19(23)20-16-8-3-4-9-17(16)21/h3-10,14H,11-12H2,1-2H3,(H,20,23). The number of aryl methyl sites for hydroxylation is 1. The van der Waals surface area contributed by atoms with Crippen LogP contribution in [0.4, 0.5) is 11.4 Å². The number of para-hydroxylation sites is 2. The lowest BCUT2D eigenvalue weighted by Gasteiger charge is -2.23. The van der Waals surface area contributed by atoms with Gasteiger partial charge in [0.25, 0.3) is 5.91 Å². The van der Waals surface area contributed by atoms with Crippen molar-refractivity contribution >= 4 is 23.2 Å². The van der Waals surface area contributed by atoms with Crippen LogP contribution in [0, 0.1) is 12.8 Å². The number of rotatable bonds is 3. The fourth-order valence-corrected chi connectivity index (χ4v) is 2.69. The maximum Gasteiger partial charge on any atom is 0.264 e. The van der Waals surface area contributed by atoms with Crippen LogP contribution in [0.25, 0.3) is 0 Å². The van der Waals surface area contributed by atoms with Gasteiger partial charge in [-0.3, -0.25) is 9.59 Å². The summed E-state index contributed by atoms with van der Waals surface area (Å²) >= 11 is 0. The monoisotopic (exact) mass is 324 g/mol. The van der Waals surface area contributed by atoms with Crippen LogP contribution in [0.2, 0.25) is 0 Å². The molecule has 1 heterocycles. The predicted octanol–water partition coefficient (Wildman–Crippen LogP) is 3.00. The van der Waals surface area contributed by atoms with Crippen molar-refractivity contribution in [2.24, 2.45) is 5.92 Å². The number of hydrogen-bond donors (Lipinski definition) is 1. The number of carbonyl (C=O) groups is 2. The van der Waals surface area contributed by atoms with Crippen molar-refractivity contribution in [3.05, 3.63) is 54.1 Å². The van der Waals surface area contributed by atoms with E-state index in [4.69, 9.17) is 4.74 Å². The molecule has 2 aromatic rings. The summed E-state index contributed by atoms with van der Waals surface area (Å²) in [4.78, 5) is 26.4. The Labute approximate surface area is 141 Å². The molecule has 0 aromatic heterocycles. The van der Waals surface area contributed by atoms with Crippen LogP contribution in [-0.4, -0.2) is 25.0 Å². The molecule has 0 spiro atoms. The molecular weight excluding hydrogens is 304 g/mol. The van der Waals surface area contributed by atoms with Gasteiger partial charge in [-0.05, 0) is 36.8 Å². The van der Waals surface area contributed by atoms with Crippen LogP contribution in [-0.2, 0) is 9.59 Å². The van der Waals surface area contributed by atoms with Crippen molar-refractivity contribution in [2.45, 2.75) is 13.8 Å². The molecule has 1 unspecified atom stereocenters. The minimum atomic E-state index is -0.291. The summed E-state index contributed by atoms with van der Waals surface area (Å²) in [7, 11) is 0. The van der Waals surface area contributed by atoms with Gasteiger partial charge >= 0.3 is 0 Å². The zero-order valence-electron chi connectivity index (χ0n) is 13.8. The van der Waals surface area contributed by atoms with Gasteiger partial charge in [0, 0.05) is 6.54 Å². The van der Waals surface area contributed by atoms with E-state index < -0.39 is 0 Å². The van der Waals surface area contributed by atoms with Crippen LogP contribution in [0.5, 0.6) is 5.75 Å². The minimum Gasteiger partial charge on any atom is -0.484 e. The number of fused-ring (bicyclic) bond motifs is 1. The zero-order chi connectivity index (χ0) is 17.1. The number of benzene rings is 2. The maximum absolute atomic E-state index is 12.7. The average Bonchev–Trinajstić information content (AvgIpc) is 2.70. The van der Waals surface area contributed by atoms with Gasteiger partial charge in [-0.25, -0.2) is 0 Å². The van der Waals surface area contributed by atoms with Gasteiger partial charge < -0.3 is 15.0 Å². The molecular formula is C19H20N2O3. The van der Waals surface area contributed by atoms with Gasteiger partial charge in [-0.1, -0.05) is 31.2 Å². The average molecular weight is 324 g/mol. The maximum atomic E-state index is 12.7. The van der Waals surface area contributed by atoms with Gasteiger partial charge in [-0.2, -0.15) is 0 Å². The van der Waals surface area contributed by atoms with Gasteiger partial charge in [0.1, 0.15) is 5.75 Å². The van der Waals surface area contributed by atoms with Crippen molar-refractivity contribution < 1.29 is 14.3 Å². The zero-order valence-corrected chi connectivity index (χ0v) is 13.8. The summed E-state index contributed by atoms with van der Waals surface area (Å²) in [6.07, 6.45) is 0. The second kappa shape index (κ2) is 6.74. The van der Waals surface area contributed by atoms with Crippen molar-refractivity contribution in [3.63, 3.8) is 0 Å². The highest BCUT2D eigenvalue weighted by atomic mass is 16.5. The van der Waals surface area contributed by atoms with Crippen molar-refractivity contribution in [1.29, 1.82) is 0 Å². The first-order valence-corrected chi connectivity index (χ1v) is 7.94. The molecule has 3 rings (SSSR count). The molecule has 2 aromatic carbocycles. The summed E-state index contributed by atoms with van der Waals surface area (Å²) in [5.41, 5.74) is 2.42. The summed E-state index contributed by atoms with van der Waals surface area (Å²) < 4.78 is 5.62. The highest BCUT2D eigenvalue weighted by molar-refractivity contribution is 6.04. The quantitative estimate of drug-likeness (QED) is 0.944. The summed E-state index contributed by atoms with van der Waals surface area (Å²) in [5.74, 6) is 0.110. The summed E-state index contributed by atoms with van der Waals surface area (Å²) in [6, 6.07) is 14.9. The Morgan fingerprint density at radius 2 is 2.04 bits per heavy atom. The SMILES string of the molecule is Cc1cccc(OCC(=O)N2CC(C)C(=O)Nc3ccccc32)c1. The number of nitrogens with zero attached hydrogens (tertiary/aromatic N) is 1. The Balaban J connectivity index is 1.79. The number of anilines is 2. The molecule has 0 bridgehead atoms. The molecule has 0 radical (unpaired) electrons. The Morgan fingerprint density at radius 1 is 1.25 bits per heavy atom. The van der Waals surface area contributed by atoms with E-state index in [0.717, 1.165) is 5.56 Å². The van der Waals surface area contributed by atoms with Crippen LogP contribution >= 0.6 is 0 Å². The summed E-state index contributed by atoms with van der Waals surface area (Å²) in [6.45, 7) is 4.04. The number of hydrogen-bond acceptors (Lipinski definition) is 3. The van der Waals surface area contributed by atoms with Crippen LogP contribution in [0.3, 0.4) is 0 Å². The van der Waals surface area contributed by atoms with Crippen molar-refractivity contribution in [3.8, 4) is 5.75 Å². The molecule has 124 valence electrons. The van der Waals surface area contributed by atoms with E-state index in [-0.39, 0.29) is 24.3 Å². The third kappa shape index (κ3) is 3.40. The molecule has 24 heavy (non-hydrogen) atoms. The van der Waals surface area contributed by atoms with E-state index in [1.807, 2.05) is 56.3 Å². The minimum absolute atomic E-state index is 0.0707. The third-order valence-corrected chi connectivity index (χ3v) is 4.01. The van der Waals surface area contributed by atoms with Gasteiger partial charge in [0.15, 0.2) is 6.61 Å².